The van der Waals surface area contributed by atoms with E-state index in [1.807, 2.05) is 0 Å². The quantitative estimate of drug-likeness (QED) is 0.826. The van der Waals surface area contributed by atoms with E-state index in [1.165, 1.54) is 25.1 Å². The van der Waals surface area contributed by atoms with Crippen LogP contribution < -0.4 is 4.90 Å². The fourth-order valence-corrected chi connectivity index (χ4v) is 2.80. The molecule has 1 aliphatic heterocycles. The Morgan fingerprint density at radius 2 is 2.15 bits per heavy atom. The van der Waals surface area contributed by atoms with Crippen molar-refractivity contribution in [3.63, 3.8) is 0 Å². The number of anilines is 2. The molecule has 0 spiro atoms. The fourth-order valence-electron chi connectivity index (χ4n) is 1.87. The van der Waals surface area contributed by atoms with Gasteiger partial charge in [-0.3, -0.25) is 4.90 Å². The Morgan fingerprint density at radius 1 is 1.35 bits per heavy atom. The first kappa shape index (κ1) is 12.8. The predicted molar refractivity (Wildman–Crippen MR) is 71.0 cm³/mol. The third-order valence-electron chi connectivity index (χ3n) is 2.78. The highest BCUT2D eigenvalue weighted by Crippen LogP contribution is 2.44. The van der Waals surface area contributed by atoms with Crippen LogP contribution in [0.2, 0.25) is 0 Å². The Kier molecular flexibility index (Phi) is 3.25. The SMILES string of the molecule is COC(=O)c1cnc2c(c1)N(CO)c1nccnc1S2. The van der Waals surface area contributed by atoms with Crippen LogP contribution in [-0.4, -0.2) is 39.9 Å². The number of carbonyl (C=O) groups is 1. The number of nitrogens with zero attached hydrogens (tertiary/aromatic N) is 4. The van der Waals surface area contributed by atoms with E-state index in [1.54, 1.807) is 23.4 Å². The second-order valence-corrected chi connectivity index (χ2v) is 4.87. The minimum Gasteiger partial charge on any atom is -0.465 e. The van der Waals surface area contributed by atoms with Gasteiger partial charge in [0.15, 0.2) is 5.82 Å². The van der Waals surface area contributed by atoms with Gasteiger partial charge in [0.25, 0.3) is 0 Å². The van der Waals surface area contributed by atoms with Gasteiger partial charge in [-0.2, -0.15) is 0 Å². The van der Waals surface area contributed by atoms with Crippen LogP contribution in [0.5, 0.6) is 0 Å². The third-order valence-corrected chi connectivity index (χ3v) is 3.77. The summed E-state index contributed by atoms with van der Waals surface area (Å²) >= 11 is 1.34. The van der Waals surface area contributed by atoms with Crippen LogP contribution >= 0.6 is 11.8 Å². The number of methoxy groups -OCH3 is 1. The molecule has 0 atom stereocenters. The topological polar surface area (TPSA) is 88.4 Å². The average Bonchev–Trinajstić information content (AvgIpc) is 2.51. The highest BCUT2D eigenvalue weighted by atomic mass is 32.2. The minimum absolute atomic E-state index is 0.286. The summed E-state index contributed by atoms with van der Waals surface area (Å²) in [6.45, 7) is -0.286. The van der Waals surface area contributed by atoms with Gasteiger partial charge in [-0.05, 0) is 17.8 Å². The summed E-state index contributed by atoms with van der Waals surface area (Å²) in [4.78, 5) is 25.7. The number of hydrogen-bond acceptors (Lipinski definition) is 8. The molecule has 3 rings (SSSR count). The maximum Gasteiger partial charge on any atom is 0.339 e. The molecule has 0 saturated heterocycles. The van der Waals surface area contributed by atoms with E-state index in [2.05, 4.69) is 19.7 Å². The average molecular weight is 290 g/mol. The monoisotopic (exact) mass is 290 g/mol. The van der Waals surface area contributed by atoms with Crippen LogP contribution in [0.15, 0.2) is 34.7 Å². The van der Waals surface area contributed by atoms with E-state index in [-0.39, 0.29) is 6.73 Å². The zero-order valence-corrected chi connectivity index (χ0v) is 11.3. The van der Waals surface area contributed by atoms with Gasteiger partial charge in [0.1, 0.15) is 16.8 Å². The molecule has 0 radical (unpaired) electrons. The maximum atomic E-state index is 11.6. The fraction of sp³-hybridized carbons (Fsp3) is 0.167. The van der Waals surface area contributed by atoms with Crippen molar-refractivity contribution in [2.75, 3.05) is 18.7 Å². The Morgan fingerprint density at radius 3 is 2.90 bits per heavy atom. The van der Waals surface area contributed by atoms with E-state index in [0.717, 1.165) is 0 Å². The molecule has 7 nitrogen and oxygen atoms in total. The third kappa shape index (κ3) is 1.98. The number of fused-ring (bicyclic) bond motifs is 2. The summed E-state index contributed by atoms with van der Waals surface area (Å²) in [6.07, 6.45) is 4.56. The standard InChI is InChI=1S/C12H10N4O3S/c1-19-12(18)7-4-8-10(15-5-7)20-11-9(16(8)6-17)13-2-3-14-11/h2-5,17H,6H2,1H3. The first-order valence-corrected chi connectivity index (χ1v) is 6.52. The lowest BCUT2D eigenvalue weighted by Crippen LogP contribution is -2.24. The smallest absolute Gasteiger partial charge is 0.339 e. The van der Waals surface area contributed by atoms with Crippen LogP contribution in [0, 0.1) is 0 Å². The van der Waals surface area contributed by atoms with Crippen molar-refractivity contribution in [3.05, 3.63) is 30.2 Å². The number of aliphatic hydroxyl groups is 1. The molecule has 0 bridgehead atoms. The van der Waals surface area contributed by atoms with E-state index in [0.29, 0.717) is 27.1 Å². The predicted octanol–water partition coefficient (Wildman–Crippen LogP) is 1.21. The highest BCUT2D eigenvalue weighted by molar-refractivity contribution is 7.99. The zero-order chi connectivity index (χ0) is 14.1. The number of ether oxygens (including phenoxy) is 1. The Bertz CT molecular complexity index is 680. The van der Waals surface area contributed by atoms with Crippen LogP contribution in [0.1, 0.15) is 10.4 Å². The molecule has 8 heteroatoms. The molecule has 2 aromatic rings. The summed E-state index contributed by atoms with van der Waals surface area (Å²) in [5, 5.41) is 10.9. The van der Waals surface area contributed by atoms with E-state index >= 15 is 0 Å². The lowest BCUT2D eigenvalue weighted by Gasteiger charge is -2.28. The zero-order valence-electron chi connectivity index (χ0n) is 10.5. The molecule has 3 heterocycles. The molecule has 0 aliphatic carbocycles. The molecule has 1 aliphatic rings. The van der Waals surface area contributed by atoms with Crippen LogP contribution in [0.25, 0.3) is 0 Å². The van der Waals surface area contributed by atoms with Crippen molar-refractivity contribution in [1.82, 2.24) is 15.0 Å². The Balaban J connectivity index is 2.11. The maximum absolute atomic E-state index is 11.6. The Hall–Kier alpha value is -2.19. The molecule has 102 valence electrons. The first-order valence-electron chi connectivity index (χ1n) is 5.70. The second-order valence-electron chi connectivity index (χ2n) is 3.90. The van der Waals surface area contributed by atoms with Crippen molar-refractivity contribution in [1.29, 1.82) is 0 Å². The molecule has 2 aromatic heterocycles. The lowest BCUT2D eigenvalue weighted by atomic mass is 10.2. The number of aliphatic hydroxyl groups excluding tert-OH is 1. The second kappa shape index (κ2) is 5.06. The molecule has 1 N–H and O–H groups in total. The van der Waals surface area contributed by atoms with E-state index in [9.17, 15) is 9.90 Å². The number of rotatable bonds is 2. The van der Waals surface area contributed by atoms with Crippen molar-refractivity contribution in [2.24, 2.45) is 0 Å². The minimum atomic E-state index is -0.479. The number of carbonyl (C=O) groups excluding carboxylic acids is 1. The van der Waals surface area contributed by atoms with Gasteiger partial charge in [0.2, 0.25) is 0 Å². The van der Waals surface area contributed by atoms with Crippen molar-refractivity contribution in [3.8, 4) is 0 Å². The molecule has 0 fully saturated rings. The summed E-state index contributed by atoms with van der Waals surface area (Å²) < 4.78 is 4.67. The number of esters is 1. The molecule has 0 saturated carbocycles. The van der Waals surface area contributed by atoms with Gasteiger partial charge in [-0.1, -0.05) is 0 Å². The largest absolute Gasteiger partial charge is 0.465 e. The van der Waals surface area contributed by atoms with Crippen molar-refractivity contribution >= 4 is 29.2 Å². The normalized spacial score (nSPS) is 12.6. The van der Waals surface area contributed by atoms with Crippen LogP contribution in [-0.2, 0) is 4.74 Å². The van der Waals surface area contributed by atoms with Crippen molar-refractivity contribution in [2.45, 2.75) is 10.1 Å². The van der Waals surface area contributed by atoms with Gasteiger partial charge in [-0.25, -0.2) is 19.7 Å². The number of aromatic nitrogens is 3. The number of hydrogen-bond donors (Lipinski definition) is 1. The molecule has 0 unspecified atom stereocenters. The van der Waals surface area contributed by atoms with Crippen LogP contribution in [0.4, 0.5) is 11.5 Å². The molecular weight excluding hydrogens is 280 g/mol. The van der Waals surface area contributed by atoms with Crippen LogP contribution in [0.3, 0.4) is 0 Å². The molecule has 0 amide bonds. The highest BCUT2D eigenvalue weighted by Gasteiger charge is 2.27. The van der Waals surface area contributed by atoms with Gasteiger partial charge in [0.05, 0.1) is 18.4 Å². The number of pyridine rings is 1. The molecular formula is C12H10N4O3S. The van der Waals surface area contributed by atoms with Gasteiger partial charge in [-0.15, -0.1) is 0 Å². The first-order chi connectivity index (χ1) is 9.74. The van der Waals surface area contributed by atoms with Gasteiger partial charge >= 0.3 is 5.97 Å². The summed E-state index contributed by atoms with van der Waals surface area (Å²) in [5.41, 5.74) is 0.922. The van der Waals surface area contributed by atoms with Gasteiger partial charge < -0.3 is 9.84 Å². The van der Waals surface area contributed by atoms with Gasteiger partial charge in [0, 0.05) is 18.6 Å². The molecule has 0 aromatic carbocycles. The summed E-state index contributed by atoms with van der Waals surface area (Å²) in [6, 6.07) is 1.62. The molecule has 20 heavy (non-hydrogen) atoms. The lowest BCUT2D eigenvalue weighted by molar-refractivity contribution is 0.0600. The Labute approximate surface area is 118 Å². The van der Waals surface area contributed by atoms with Crippen molar-refractivity contribution < 1.29 is 14.6 Å². The van der Waals surface area contributed by atoms with E-state index in [4.69, 9.17) is 0 Å². The van der Waals surface area contributed by atoms with E-state index < -0.39 is 5.97 Å². The summed E-state index contributed by atoms with van der Waals surface area (Å²) in [7, 11) is 1.31. The summed E-state index contributed by atoms with van der Waals surface area (Å²) in [5.74, 6) is 0.0597.